The average molecular weight is 471 g/mol. The molecule has 2 fully saturated rings. The second kappa shape index (κ2) is 11.7. The van der Waals surface area contributed by atoms with Gasteiger partial charge in [0.1, 0.15) is 0 Å². The van der Waals surface area contributed by atoms with Crippen LogP contribution in [0.3, 0.4) is 0 Å². The number of carbonyl (C=O) groups is 1. The fourth-order valence-electron chi connectivity index (χ4n) is 5.34. The Morgan fingerprint density at radius 1 is 1.00 bits per heavy atom. The molecule has 1 aliphatic carbocycles. The van der Waals surface area contributed by atoms with Crippen molar-refractivity contribution in [2.45, 2.75) is 57.9 Å². The van der Waals surface area contributed by atoms with Crippen molar-refractivity contribution >= 4 is 16.8 Å². The summed E-state index contributed by atoms with van der Waals surface area (Å²) in [7, 11) is 3.10. The molecule has 1 saturated heterocycles. The Morgan fingerprint density at radius 2 is 1.76 bits per heavy atom. The van der Waals surface area contributed by atoms with Gasteiger partial charge in [0.15, 0.2) is 11.5 Å². The number of aromatic nitrogens is 2. The first-order chi connectivity index (χ1) is 16.6. The monoisotopic (exact) mass is 470 g/mol. The van der Waals surface area contributed by atoms with Gasteiger partial charge in [-0.05, 0) is 44.2 Å². The molecule has 2 aliphatic rings. The van der Waals surface area contributed by atoms with Crippen molar-refractivity contribution in [3.8, 4) is 11.5 Å². The maximum absolute atomic E-state index is 12.9. The topological polar surface area (TPSA) is 76.9 Å². The van der Waals surface area contributed by atoms with Gasteiger partial charge in [0.05, 0.1) is 31.4 Å². The number of aryl methyl sites for hydroxylation is 1. The Morgan fingerprint density at radius 3 is 2.53 bits per heavy atom. The van der Waals surface area contributed by atoms with E-state index in [-0.39, 0.29) is 11.5 Å². The largest absolute Gasteiger partial charge is 0.493 e. The van der Waals surface area contributed by atoms with E-state index in [2.05, 4.69) is 9.88 Å². The van der Waals surface area contributed by atoms with Gasteiger partial charge in [-0.3, -0.25) is 14.2 Å². The highest BCUT2D eigenvalue weighted by Crippen LogP contribution is 2.30. The summed E-state index contributed by atoms with van der Waals surface area (Å²) in [6.07, 6.45) is 10.5. The Kier molecular flexibility index (Phi) is 8.43. The van der Waals surface area contributed by atoms with E-state index in [9.17, 15) is 9.59 Å². The van der Waals surface area contributed by atoms with Gasteiger partial charge < -0.3 is 19.3 Å². The molecule has 0 radical (unpaired) electrons. The molecule has 1 aromatic heterocycles. The molecule has 0 unspecified atom stereocenters. The minimum absolute atomic E-state index is 0.133. The number of hydrogen-bond donors (Lipinski definition) is 0. The van der Waals surface area contributed by atoms with Gasteiger partial charge in [-0.2, -0.15) is 0 Å². The molecule has 0 atom stereocenters. The van der Waals surface area contributed by atoms with E-state index < -0.39 is 0 Å². The van der Waals surface area contributed by atoms with E-state index in [0.29, 0.717) is 41.8 Å². The summed E-state index contributed by atoms with van der Waals surface area (Å²) in [6, 6.07) is 3.38. The summed E-state index contributed by atoms with van der Waals surface area (Å²) < 4.78 is 12.2. The predicted molar refractivity (Wildman–Crippen MR) is 133 cm³/mol. The molecule has 1 aliphatic heterocycles. The summed E-state index contributed by atoms with van der Waals surface area (Å²) >= 11 is 0. The third kappa shape index (κ3) is 5.90. The Balaban J connectivity index is 1.29. The zero-order chi connectivity index (χ0) is 23.9. The van der Waals surface area contributed by atoms with Gasteiger partial charge in [0, 0.05) is 45.2 Å². The molecule has 1 saturated carbocycles. The normalized spacial score (nSPS) is 18.1. The van der Waals surface area contributed by atoms with E-state index in [1.165, 1.54) is 38.6 Å². The standard InChI is InChI=1S/C26H38N4O4/c1-33-23-16-21-22(17-24(23)34-2)27-19-30(26(21)32)12-6-10-25(31)29-13-7-11-28(14-15-29)18-20-8-4-3-5-9-20/h16-17,19-20H,3-15,18H2,1-2H3. The van der Waals surface area contributed by atoms with Crippen LogP contribution in [0.5, 0.6) is 11.5 Å². The van der Waals surface area contributed by atoms with Gasteiger partial charge in [-0.1, -0.05) is 19.3 Å². The molecule has 4 rings (SSSR count). The number of ether oxygens (including phenoxy) is 2. The van der Waals surface area contributed by atoms with Gasteiger partial charge in [-0.15, -0.1) is 0 Å². The van der Waals surface area contributed by atoms with Crippen molar-refractivity contribution in [1.29, 1.82) is 0 Å². The van der Waals surface area contributed by atoms with E-state index in [0.717, 1.165) is 38.5 Å². The first-order valence-electron chi connectivity index (χ1n) is 12.7. The summed E-state index contributed by atoms with van der Waals surface area (Å²) in [5.41, 5.74) is 0.434. The van der Waals surface area contributed by atoms with E-state index in [4.69, 9.17) is 9.47 Å². The van der Waals surface area contributed by atoms with Crippen molar-refractivity contribution < 1.29 is 14.3 Å². The number of nitrogens with zero attached hydrogens (tertiary/aromatic N) is 4. The van der Waals surface area contributed by atoms with E-state index in [1.807, 2.05) is 4.90 Å². The number of amides is 1. The first-order valence-corrected chi connectivity index (χ1v) is 12.7. The van der Waals surface area contributed by atoms with Crippen LogP contribution in [0.1, 0.15) is 51.4 Å². The Hall–Kier alpha value is -2.61. The minimum atomic E-state index is -0.133. The molecular formula is C26H38N4O4. The molecule has 1 amide bonds. The molecular weight excluding hydrogens is 432 g/mol. The van der Waals surface area contributed by atoms with Crippen molar-refractivity contribution in [1.82, 2.24) is 19.4 Å². The summed E-state index contributed by atoms with van der Waals surface area (Å²) in [4.78, 5) is 34.8. The number of methoxy groups -OCH3 is 2. The number of fused-ring (bicyclic) bond motifs is 1. The van der Waals surface area contributed by atoms with Crippen LogP contribution in [0.4, 0.5) is 0 Å². The fourth-order valence-corrected chi connectivity index (χ4v) is 5.34. The molecule has 2 heterocycles. The summed E-state index contributed by atoms with van der Waals surface area (Å²) in [5.74, 6) is 2.07. The highest BCUT2D eigenvalue weighted by molar-refractivity contribution is 5.81. The van der Waals surface area contributed by atoms with Crippen LogP contribution in [0.15, 0.2) is 23.3 Å². The lowest BCUT2D eigenvalue weighted by Crippen LogP contribution is -2.37. The van der Waals surface area contributed by atoms with E-state index >= 15 is 0 Å². The molecule has 0 spiro atoms. The SMILES string of the molecule is COc1cc2ncn(CCCC(=O)N3CCCN(CC4CCCCC4)CC3)c(=O)c2cc1OC. The van der Waals surface area contributed by atoms with Crippen molar-refractivity contribution in [2.75, 3.05) is 46.9 Å². The fraction of sp³-hybridized carbons (Fsp3) is 0.654. The molecule has 8 nitrogen and oxygen atoms in total. The molecule has 0 N–H and O–H groups in total. The van der Waals surface area contributed by atoms with Crippen LogP contribution in [0.25, 0.3) is 10.9 Å². The Bertz CT molecular complexity index is 1030. The van der Waals surface area contributed by atoms with Gasteiger partial charge in [-0.25, -0.2) is 4.98 Å². The van der Waals surface area contributed by atoms with Crippen LogP contribution in [-0.4, -0.2) is 72.2 Å². The third-order valence-electron chi connectivity index (χ3n) is 7.30. The second-order valence-corrected chi connectivity index (χ2v) is 9.61. The lowest BCUT2D eigenvalue weighted by atomic mass is 9.89. The van der Waals surface area contributed by atoms with Crippen LogP contribution in [0.2, 0.25) is 0 Å². The van der Waals surface area contributed by atoms with Gasteiger partial charge in [0.2, 0.25) is 5.91 Å². The molecule has 1 aromatic carbocycles. The molecule has 2 aromatic rings. The van der Waals surface area contributed by atoms with Crippen molar-refractivity contribution in [3.63, 3.8) is 0 Å². The molecule has 0 bridgehead atoms. The zero-order valence-corrected chi connectivity index (χ0v) is 20.6. The first kappa shape index (κ1) is 24.5. The number of hydrogen-bond acceptors (Lipinski definition) is 6. The molecule has 34 heavy (non-hydrogen) atoms. The average Bonchev–Trinajstić information content (AvgIpc) is 3.11. The molecule has 8 heteroatoms. The third-order valence-corrected chi connectivity index (χ3v) is 7.30. The van der Waals surface area contributed by atoms with Crippen LogP contribution in [-0.2, 0) is 11.3 Å². The summed E-state index contributed by atoms with van der Waals surface area (Å²) in [5, 5.41) is 0.483. The van der Waals surface area contributed by atoms with Crippen LogP contribution in [0, 0.1) is 5.92 Å². The maximum atomic E-state index is 12.9. The predicted octanol–water partition coefficient (Wildman–Crippen LogP) is 3.31. The van der Waals surface area contributed by atoms with Crippen molar-refractivity contribution in [3.05, 3.63) is 28.8 Å². The maximum Gasteiger partial charge on any atom is 0.261 e. The lowest BCUT2D eigenvalue weighted by Gasteiger charge is -2.28. The quantitative estimate of drug-likeness (QED) is 0.589. The Labute approximate surface area is 201 Å². The lowest BCUT2D eigenvalue weighted by molar-refractivity contribution is -0.131. The zero-order valence-electron chi connectivity index (χ0n) is 20.6. The van der Waals surface area contributed by atoms with Gasteiger partial charge in [0.25, 0.3) is 5.56 Å². The second-order valence-electron chi connectivity index (χ2n) is 9.61. The summed E-state index contributed by atoms with van der Waals surface area (Å²) in [6.45, 7) is 5.36. The van der Waals surface area contributed by atoms with Crippen LogP contribution < -0.4 is 15.0 Å². The van der Waals surface area contributed by atoms with Gasteiger partial charge >= 0.3 is 0 Å². The smallest absolute Gasteiger partial charge is 0.261 e. The highest BCUT2D eigenvalue weighted by Gasteiger charge is 2.22. The van der Waals surface area contributed by atoms with Crippen LogP contribution >= 0.6 is 0 Å². The minimum Gasteiger partial charge on any atom is -0.493 e. The van der Waals surface area contributed by atoms with E-state index in [1.54, 1.807) is 37.2 Å². The van der Waals surface area contributed by atoms with Crippen molar-refractivity contribution in [2.24, 2.45) is 5.92 Å². The number of benzene rings is 1. The molecule has 186 valence electrons. The number of rotatable bonds is 8. The number of carbonyl (C=O) groups excluding carboxylic acids is 1. The highest BCUT2D eigenvalue weighted by atomic mass is 16.5.